The van der Waals surface area contributed by atoms with E-state index in [9.17, 15) is 9.90 Å². The Labute approximate surface area is 65.4 Å². The maximum absolute atomic E-state index is 10.6. The lowest BCUT2D eigenvalue weighted by atomic mass is 10.1. The number of esters is 1. The number of aliphatic hydroxyl groups excluding tert-OH is 1. The smallest absolute Gasteiger partial charge is 0.306 e. The number of carbonyl (C=O) groups is 1. The van der Waals surface area contributed by atoms with Gasteiger partial charge >= 0.3 is 5.97 Å². The van der Waals surface area contributed by atoms with E-state index in [1.165, 1.54) is 0 Å². The molecule has 0 saturated carbocycles. The Hall–Kier alpha value is -1.01. The summed E-state index contributed by atoms with van der Waals surface area (Å²) in [6.45, 7) is 0. The molecule has 0 spiro atoms. The molecule has 0 aromatic rings. The zero-order chi connectivity index (χ0) is 8.27. The van der Waals surface area contributed by atoms with Crippen molar-refractivity contribution in [3.05, 3.63) is 0 Å². The Balaban J connectivity index is 2.37. The van der Waals surface area contributed by atoms with E-state index in [2.05, 4.69) is 5.92 Å². The summed E-state index contributed by atoms with van der Waals surface area (Å²) in [6, 6.07) is 0. The van der Waals surface area contributed by atoms with Crippen LogP contribution in [0.2, 0.25) is 0 Å². The van der Waals surface area contributed by atoms with E-state index in [4.69, 9.17) is 11.2 Å². The summed E-state index contributed by atoms with van der Waals surface area (Å²) >= 11 is 0. The normalized spacial score (nSPS) is 25.8. The third-order valence-electron chi connectivity index (χ3n) is 1.67. The van der Waals surface area contributed by atoms with Crippen molar-refractivity contribution in [2.24, 2.45) is 0 Å². The molecule has 0 aromatic carbocycles. The Kier molecular flexibility index (Phi) is 2.50. The monoisotopic (exact) mass is 154 g/mol. The van der Waals surface area contributed by atoms with Crippen molar-refractivity contribution in [2.45, 2.75) is 31.5 Å². The Morgan fingerprint density at radius 1 is 1.91 bits per heavy atom. The van der Waals surface area contributed by atoms with Crippen LogP contribution in [0.3, 0.4) is 0 Å². The lowest BCUT2D eigenvalue weighted by molar-refractivity contribution is -0.145. The van der Waals surface area contributed by atoms with Gasteiger partial charge in [0, 0.05) is 12.8 Å². The van der Waals surface area contributed by atoms with Crippen LogP contribution in [0.4, 0.5) is 0 Å². The number of terminal acetylenes is 1. The van der Waals surface area contributed by atoms with Crippen molar-refractivity contribution in [3.8, 4) is 12.3 Å². The minimum absolute atomic E-state index is 0.244. The predicted octanol–water partition coefficient (Wildman–Crippen LogP) is 0.0762. The molecule has 11 heavy (non-hydrogen) atoms. The first-order chi connectivity index (χ1) is 5.24. The Morgan fingerprint density at radius 2 is 2.64 bits per heavy atom. The van der Waals surface area contributed by atoms with Crippen molar-refractivity contribution in [2.75, 3.05) is 0 Å². The number of aliphatic hydroxyl groups is 1. The molecule has 2 unspecified atom stereocenters. The minimum atomic E-state index is -0.688. The molecule has 0 amide bonds. The molecule has 0 aliphatic carbocycles. The van der Waals surface area contributed by atoms with E-state index < -0.39 is 6.10 Å². The van der Waals surface area contributed by atoms with Crippen molar-refractivity contribution < 1.29 is 14.6 Å². The molecule has 3 heteroatoms. The second-order valence-electron chi connectivity index (χ2n) is 2.54. The molecule has 60 valence electrons. The summed E-state index contributed by atoms with van der Waals surface area (Å²) in [4.78, 5) is 10.6. The highest BCUT2D eigenvalue weighted by Gasteiger charge is 2.28. The van der Waals surface area contributed by atoms with Gasteiger partial charge in [-0.3, -0.25) is 4.79 Å². The molecule has 1 aliphatic heterocycles. The molecule has 1 N–H and O–H groups in total. The average Bonchev–Trinajstić information content (AvgIpc) is 2.36. The number of hydrogen-bond acceptors (Lipinski definition) is 3. The summed E-state index contributed by atoms with van der Waals surface area (Å²) in [5.41, 5.74) is 0. The lowest BCUT2D eigenvalue weighted by Crippen LogP contribution is -2.24. The van der Waals surface area contributed by atoms with E-state index in [1.54, 1.807) is 0 Å². The van der Waals surface area contributed by atoms with Crippen molar-refractivity contribution in [3.63, 3.8) is 0 Å². The topological polar surface area (TPSA) is 46.5 Å². The molecule has 1 saturated heterocycles. The molecule has 3 nitrogen and oxygen atoms in total. The minimum Gasteiger partial charge on any atom is -0.460 e. The van der Waals surface area contributed by atoms with Crippen LogP contribution in [-0.2, 0) is 9.53 Å². The first kappa shape index (κ1) is 8.09. The second kappa shape index (κ2) is 3.40. The molecule has 0 radical (unpaired) electrons. The highest BCUT2D eigenvalue weighted by Crippen LogP contribution is 2.18. The number of rotatable bonds is 2. The number of cyclic esters (lactones) is 1. The van der Waals surface area contributed by atoms with E-state index in [0.29, 0.717) is 12.8 Å². The molecule has 1 fully saturated rings. The Morgan fingerprint density at radius 3 is 3.09 bits per heavy atom. The van der Waals surface area contributed by atoms with Crippen LogP contribution in [0, 0.1) is 12.3 Å². The third kappa shape index (κ3) is 1.95. The maximum atomic E-state index is 10.6. The SMILES string of the molecule is C#CCC(O)C1CCC(=O)O1. The fraction of sp³-hybridized carbons (Fsp3) is 0.625. The highest BCUT2D eigenvalue weighted by molar-refractivity contribution is 5.71. The van der Waals surface area contributed by atoms with Crippen molar-refractivity contribution in [1.29, 1.82) is 0 Å². The van der Waals surface area contributed by atoms with Crippen LogP contribution >= 0.6 is 0 Å². The fourth-order valence-electron chi connectivity index (χ4n) is 1.07. The van der Waals surface area contributed by atoms with Crippen molar-refractivity contribution in [1.82, 2.24) is 0 Å². The maximum Gasteiger partial charge on any atom is 0.306 e. The molecule has 2 atom stereocenters. The summed E-state index contributed by atoms with van der Waals surface area (Å²) in [6.07, 6.45) is 5.14. The molecule has 0 aromatic heterocycles. The van der Waals surface area contributed by atoms with Gasteiger partial charge in [-0.2, -0.15) is 0 Å². The number of hydrogen-bond donors (Lipinski definition) is 1. The number of ether oxygens (including phenoxy) is 1. The fourth-order valence-corrected chi connectivity index (χ4v) is 1.07. The first-order valence-corrected chi connectivity index (χ1v) is 3.55. The van der Waals surface area contributed by atoms with Gasteiger partial charge in [-0.25, -0.2) is 0 Å². The second-order valence-corrected chi connectivity index (χ2v) is 2.54. The lowest BCUT2D eigenvalue weighted by Gasteiger charge is -2.13. The predicted molar refractivity (Wildman–Crippen MR) is 38.6 cm³/mol. The van der Waals surface area contributed by atoms with Gasteiger partial charge in [-0.15, -0.1) is 12.3 Å². The summed E-state index contributed by atoms with van der Waals surface area (Å²) in [5, 5.41) is 9.25. The molecular weight excluding hydrogens is 144 g/mol. The van der Waals surface area contributed by atoms with Gasteiger partial charge in [-0.05, 0) is 6.42 Å². The molecule has 1 aliphatic rings. The standard InChI is InChI=1S/C8H10O3/c1-2-3-6(9)7-4-5-8(10)11-7/h1,6-7,9H,3-5H2. The summed E-state index contributed by atoms with van der Waals surface area (Å²) < 4.78 is 4.79. The van der Waals surface area contributed by atoms with Gasteiger partial charge in [0.15, 0.2) is 0 Å². The van der Waals surface area contributed by atoms with Crippen LogP contribution in [0.15, 0.2) is 0 Å². The molecule has 0 bridgehead atoms. The summed E-state index contributed by atoms with van der Waals surface area (Å²) in [7, 11) is 0. The largest absolute Gasteiger partial charge is 0.460 e. The van der Waals surface area contributed by atoms with Gasteiger partial charge in [0.1, 0.15) is 12.2 Å². The van der Waals surface area contributed by atoms with E-state index in [1.807, 2.05) is 0 Å². The number of carbonyl (C=O) groups excluding carboxylic acids is 1. The average molecular weight is 154 g/mol. The van der Waals surface area contributed by atoms with Crippen LogP contribution in [0.1, 0.15) is 19.3 Å². The third-order valence-corrected chi connectivity index (χ3v) is 1.67. The molecule has 1 heterocycles. The quantitative estimate of drug-likeness (QED) is 0.452. The molecular formula is C8H10O3. The van der Waals surface area contributed by atoms with Crippen molar-refractivity contribution >= 4 is 5.97 Å². The first-order valence-electron chi connectivity index (χ1n) is 3.55. The molecule has 1 rings (SSSR count). The van der Waals surface area contributed by atoms with Gasteiger partial charge in [0.2, 0.25) is 0 Å². The van der Waals surface area contributed by atoms with Gasteiger partial charge < -0.3 is 9.84 Å². The zero-order valence-electron chi connectivity index (χ0n) is 6.12. The van der Waals surface area contributed by atoms with Crippen LogP contribution in [-0.4, -0.2) is 23.3 Å². The van der Waals surface area contributed by atoms with Gasteiger partial charge in [0.25, 0.3) is 0 Å². The van der Waals surface area contributed by atoms with Crippen LogP contribution in [0.5, 0.6) is 0 Å². The van der Waals surface area contributed by atoms with Gasteiger partial charge in [-0.1, -0.05) is 0 Å². The summed E-state index contributed by atoms with van der Waals surface area (Å²) in [5.74, 6) is 2.07. The van der Waals surface area contributed by atoms with E-state index in [0.717, 1.165) is 0 Å². The zero-order valence-corrected chi connectivity index (χ0v) is 6.12. The Bertz CT molecular complexity index is 192. The van der Waals surface area contributed by atoms with Crippen LogP contribution in [0.25, 0.3) is 0 Å². The van der Waals surface area contributed by atoms with E-state index >= 15 is 0 Å². The van der Waals surface area contributed by atoms with E-state index in [-0.39, 0.29) is 18.5 Å². The van der Waals surface area contributed by atoms with Crippen LogP contribution < -0.4 is 0 Å². The highest BCUT2D eigenvalue weighted by atomic mass is 16.6. The van der Waals surface area contributed by atoms with Gasteiger partial charge in [0.05, 0.1) is 0 Å².